The average molecular weight is 584 g/mol. The maximum absolute atomic E-state index is 13.1. The van der Waals surface area contributed by atoms with E-state index in [4.69, 9.17) is 10.2 Å². The molecule has 0 saturated carbocycles. The molecule has 4 amide bonds. The second-order valence-electron chi connectivity index (χ2n) is 8.24. The van der Waals surface area contributed by atoms with Crippen molar-refractivity contribution in [3.63, 3.8) is 0 Å². The van der Waals surface area contributed by atoms with Crippen LogP contribution in [-0.4, -0.2) is 68.3 Å². The third kappa shape index (κ3) is 5.58. The van der Waals surface area contributed by atoms with Crippen LogP contribution in [0.1, 0.15) is 22.0 Å². The van der Waals surface area contributed by atoms with Gasteiger partial charge in [0.15, 0.2) is 27.8 Å². The van der Waals surface area contributed by atoms with Gasteiger partial charge in [-0.2, -0.15) is 0 Å². The zero-order valence-corrected chi connectivity index (χ0v) is 23.0. The molecule has 3 aromatic rings. The molecule has 16 nitrogen and oxygen atoms in total. The molecule has 1 saturated heterocycles. The summed E-state index contributed by atoms with van der Waals surface area (Å²) >= 11 is 0. The van der Waals surface area contributed by atoms with E-state index in [1.165, 1.54) is 12.1 Å². The van der Waals surface area contributed by atoms with Crippen LogP contribution in [-0.2, 0) is 24.7 Å². The number of nitrogens with one attached hydrogen (secondary N) is 2. The molecule has 3 atom stereocenters. The van der Waals surface area contributed by atoms with Crippen molar-refractivity contribution < 1.29 is 81.4 Å². The zero-order chi connectivity index (χ0) is 28.8. The van der Waals surface area contributed by atoms with Crippen molar-refractivity contribution in [2.45, 2.75) is 18.1 Å². The van der Waals surface area contributed by atoms with Crippen molar-refractivity contribution in [2.24, 2.45) is 5.73 Å². The predicted octanol–water partition coefficient (Wildman–Crippen LogP) is -4.97. The van der Waals surface area contributed by atoms with E-state index >= 15 is 0 Å². The summed E-state index contributed by atoms with van der Waals surface area (Å²) in [6, 6.07) is 0.893. The fourth-order valence-corrected chi connectivity index (χ4v) is 4.69. The van der Waals surface area contributed by atoms with E-state index < -0.39 is 74.5 Å². The van der Waals surface area contributed by atoms with Crippen molar-refractivity contribution in [3.05, 3.63) is 64.0 Å². The Morgan fingerprint density at radius 2 is 1.65 bits per heavy atom. The number of aromatic hydroxyl groups is 3. The van der Waals surface area contributed by atoms with E-state index in [1.54, 1.807) is 0 Å². The second kappa shape index (κ2) is 11.1. The third-order valence-electron chi connectivity index (χ3n) is 5.76. The van der Waals surface area contributed by atoms with Crippen molar-refractivity contribution in [1.82, 2.24) is 14.9 Å². The fourth-order valence-electron chi connectivity index (χ4n) is 3.85. The number of nitrogens with zero attached hydrogens (tertiary/aromatic N) is 1. The quantitative estimate of drug-likeness (QED) is 0.0660. The minimum Gasteiger partial charge on any atom is -0.731 e. The number of primary amides is 1. The number of carbonyl (C=O) groups excluding carboxylic acids is 4. The number of fused-ring (bicyclic) bond motifs is 1. The molecule has 2 heterocycles. The molecule has 7 N–H and O–H groups in total. The van der Waals surface area contributed by atoms with Gasteiger partial charge < -0.3 is 40.7 Å². The monoisotopic (exact) mass is 584 g/mol. The number of hydrogen-bond acceptors (Lipinski definition) is 12. The molecule has 1 aliphatic rings. The van der Waals surface area contributed by atoms with E-state index in [9.17, 15) is 52.3 Å². The topological polar surface area (TPSA) is 270 Å². The van der Waals surface area contributed by atoms with Crippen LogP contribution in [0.3, 0.4) is 0 Å². The number of phenols is 3. The van der Waals surface area contributed by atoms with Crippen molar-refractivity contribution in [1.29, 1.82) is 0 Å². The van der Waals surface area contributed by atoms with E-state index in [1.807, 2.05) is 0 Å². The van der Waals surface area contributed by atoms with Gasteiger partial charge in [-0.25, -0.2) is 12.7 Å². The van der Waals surface area contributed by atoms with Gasteiger partial charge in [-0.3, -0.25) is 24.0 Å². The first kappa shape index (κ1) is 30.4. The molecule has 0 aliphatic carbocycles. The van der Waals surface area contributed by atoms with E-state index in [2.05, 4.69) is 10.6 Å². The maximum Gasteiger partial charge on any atom is 1.00 e. The van der Waals surface area contributed by atoms with E-state index in [0.29, 0.717) is 0 Å². The molecule has 40 heavy (non-hydrogen) atoms. The van der Waals surface area contributed by atoms with Crippen LogP contribution in [0.15, 0.2) is 51.9 Å². The molecule has 1 fully saturated rings. The summed E-state index contributed by atoms with van der Waals surface area (Å²) in [5.74, 6) is -6.70. The average Bonchev–Trinajstić information content (AvgIpc) is 2.84. The summed E-state index contributed by atoms with van der Waals surface area (Å²) in [5.41, 5.74) is 3.34. The normalized spacial score (nSPS) is 17.3. The molecule has 1 aliphatic heterocycles. The van der Waals surface area contributed by atoms with Gasteiger partial charge in [0.25, 0.3) is 11.8 Å². The fraction of sp³-hybridized carbons (Fsp3) is 0.136. The van der Waals surface area contributed by atoms with Crippen LogP contribution in [0.25, 0.3) is 11.0 Å². The summed E-state index contributed by atoms with van der Waals surface area (Å²) in [7, 11) is -5.43. The number of phenolic OH excluding ortho intramolecular Hbond substituents is 3. The van der Waals surface area contributed by atoms with Gasteiger partial charge in [0.05, 0.1) is 5.39 Å². The zero-order valence-electron chi connectivity index (χ0n) is 20.2. The van der Waals surface area contributed by atoms with Crippen LogP contribution >= 0.6 is 0 Å². The summed E-state index contributed by atoms with van der Waals surface area (Å²) in [5, 5.41) is 32.9. The smallest absolute Gasteiger partial charge is 0.731 e. The largest absolute Gasteiger partial charge is 1.00 e. The van der Waals surface area contributed by atoms with Crippen LogP contribution in [0, 0.1) is 0 Å². The van der Waals surface area contributed by atoms with Crippen molar-refractivity contribution >= 4 is 44.9 Å². The van der Waals surface area contributed by atoms with Gasteiger partial charge in [-0.15, -0.1) is 0 Å². The molecule has 0 bridgehead atoms. The summed E-state index contributed by atoms with van der Waals surface area (Å²) < 4.78 is 38.8. The van der Waals surface area contributed by atoms with E-state index in [-0.39, 0.29) is 56.1 Å². The molecule has 1 unspecified atom stereocenters. The standard InChI is InChI=1S/C22H18N4O12S.Na/c23-19(31)17-16(22(34)26(17)39(35,36)37)25-21(33)15(8-1-3-9(27)4-2-8)24-20(32)11-7-38-14-6-13(29)12(28)5-10(14)18(11)30;/h1-7,15-17,27-29H,(H2,23,31)(H,24,32)(H,25,33)(H,35,36,37);/q;+1/p-1/t15?,16-,17-;/m1./s1. The van der Waals surface area contributed by atoms with Gasteiger partial charge in [-0.05, 0) is 23.8 Å². The molecule has 4 rings (SSSR count). The van der Waals surface area contributed by atoms with Gasteiger partial charge in [0, 0.05) is 6.07 Å². The number of hydrogen-bond donors (Lipinski definition) is 6. The first-order valence-corrected chi connectivity index (χ1v) is 12.0. The summed E-state index contributed by atoms with van der Waals surface area (Å²) in [4.78, 5) is 63.0. The Labute approximate surface area is 245 Å². The first-order chi connectivity index (χ1) is 18.2. The van der Waals surface area contributed by atoms with Crippen molar-refractivity contribution in [3.8, 4) is 17.2 Å². The minimum absolute atomic E-state index is 0. The number of amides is 4. The minimum atomic E-state index is -5.43. The van der Waals surface area contributed by atoms with Crippen LogP contribution in [0.2, 0.25) is 0 Å². The molecule has 2 aromatic carbocycles. The molecular weight excluding hydrogens is 567 g/mol. The number of rotatable bonds is 7. The number of carbonyl (C=O) groups is 4. The number of nitrogens with two attached hydrogens (primary N) is 1. The Kier molecular flexibility index (Phi) is 8.46. The van der Waals surface area contributed by atoms with E-state index in [0.717, 1.165) is 30.5 Å². The first-order valence-electron chi connectivity index (χ1n) is 10.7. The maximum atomic E-state index is 13.1. The molecule has 0 radical (unpaired) electrons. The second-order valence-corrected chi connectivity index (χ2v) is 9.49. The molecule has 18 heteroatoms. The van der Waals surface area contributed by atoms with Gasteiger partial charge in [-0.1, -0.05) is 12.1 Å². The Bertz CT molecular complexity index is 1710. The summed E-state index contributed by atoms with van der Waals surface area (Å²) in [6.45, 7) is 0. The third-order valence-corrected chi connectivity index (χ3v) is 6.65. The van der Waals surface area contributed by atoms with Crippen LogP contribution in [0.4, 0.5) is 0 Å². The molecule has 0 spiro atoms. The van der Waals surface area contributed by atoms with Crippen LogP contribution in [0.5, 0.6) is 17.2 Å². The van der Waals surface area contributed by atoms with Gasteiger partial charge in [0.1, 0.15) is 35.2 Å². The molecule has 204 valence electrons. The van der Waals surface area contributed by atoms with Gasteiger partial charge in [0.2, 0.25) is 17.2 Å². The Balaban J connectivity index is 0.00000441. The number of β-lactam (4-membered cyclic amide) rings is 1. The Morgan fingerprint density at radius 3 is 2.23 bits per heavy atom. The molecular formula is C22H17N4NaO12S. The Morgan fingerprint density at radius 1 is 1.05 bits per heavy atom. The SMILES string of the molecule is NC(=O)[C@H]1[C@@H](NC(=O)C(NC(=O)c2coc3cc(O)c(O)cc3c2=O)c2ccc(O)cc2)C(=O)N1S(=O)(=O)[O-].[Na+]. The van der Waals surface area contributed by atoms with Crippen LogP contribution < -0.4 is 51.4 Å². The van der Waals surface area contributed by atoms with Crippen molar-refractivity contribution in [2.75, 3.05) is 0 Å². The molecule has 1 aromatic heterocycles. The number of benzene rings is 2. The van der Waals surface area contributed by atoms with Gasteiger partial charge >= 0.3 is 29.6 Å². The summed E-state index contributed by atoms with van der Waals surface area (Å²) in [6.07, 6.45) is 0.734. The predicted molar refractivity (Wildman–Crippen MR) is 126 cm³/mol. The Hall–Kier alpha value is -4.16.